The van der Waals surface area contributed by atoms with Crippen LogP contribution < -0.4 is 5.32 Å². The highest BCUT2D eigenvalue weighted by Crippen LogP contribution is 2.31. The highest BCUT2D eigenvalue weighted by molar-refractivity contribution is 5.88. The molecule has 2 amide bonds. The largest absolute Gasteiger partial charge is 0.467 e. The van der Waals surface area contributed by atoms with Crippen molar-refractivity contribution in [1.29, 1.82) is 0 Å². The third kappa shape index (κ3) is 3.35. The SMILES string of the molecule is O=C(Nc1nccn1-c1ccccc1)N1CCCCC[C@@H]1c1ccco1. The Kier molecular flexibility index (Phi) is 4.73. The Morgan fingerprint density at radius 3 is 2.81 bits per heavy atom. The number of nitrogens with zero attached hydrogens (tertiary/aromatic N) is 3. The Morgan fingerprint density at radius 1 is 1.12 bits per heavy atom. The van der Waals surface area contributed by atoms with Gasteiger partial charge in [-0.1, -0.05) is 31.0 Å². The fourth-order valence-electron chi connectivity index (χ4n) is 3.49. The predicted octanol–water partition coefficient (Wildman–Crippen LogP) is 4.61. The molecule has 1 N–H and O–H groups in total. The van der Waals surface area contributed by atoms with Crippen LogP contribution in [0.5, 0.6) is 0 Å². The average Bonchev–Trinajstić information content (AvgIpc) is 3.30. The van der Waals surface area contributed by atoms with E-state index in [9.17, 15) is 4.79 Å². The van der Waals surface area contributed by atoms with Crippen LogP contribution in [0.25, 0.3) is 5.69 Å². The second kappa shape index (κ2) is 7.47. The number of likely N-dealkylation sites (tertiary alicyclic amines) is 1. The zero-order valence-corrected chi connectivity index (χ0v) is 14.5. The van der Waals surface area contributed by atoms with Gasteiger partial charge in [0.25, 0.3) is 0 Å². The number of carbonyl (C=O) groups excluding carboxylic acids is 1. The van der Waals surface area contributed by atoms with Crippen molar-refractivity contribution in [3.8, 4) is 5.69 Å². The van der Waals surface area contributed by atoms with Crippen LogP contribution in [0.4, 0.5) is 10.7 Å². The lowest BCUT2D eigenvalue weighted by Gasteiger charge is -2.28. The number of benzene rings is 1. The van der Waals surface area contributed by atoms with Gasteiger partial charge in [0.15, 0.2) is 0 Å². The minimum absolute atomic E-state index is 0.0346. The summed E-state index contributed by atoms with van der Waals surface area (Å²) >= 11 is 0. The maximum absolute atomic E-state index is 13.0. The van der Waals surface area contributed by atoms with E-state index in [-0.39, 0.29) is 12.1 Å². The molecule has 1 aliphatic rings. The smallest absolute Gasteiger partial charge is 0.324 e. The Bertz CT molecular complexity index is 842. The predicted molar refractivity (Wildman–Crippen MR) is 99.2 cm³/mol. The van der Waals surface area contributed by atoms with Crippen molar-refractivity contribution in [1.82, 2.24) is 14.5 Å². The average molecular weight is 350 g/mol. The van der Waals surface area contributed by atoms with Gasteiger partial charge in [0.2, 0.25) is 5.95 Å². The van der Waals surface area contributed by atoms with E-state index in [1.807, 2.05) is 58.1 Å². The zero-order chi connectivity index (χ0) is 17.8. The highest BCUT2D eigenvalue weighted by Gasteiger charge is 2.29. The molecule has 3 aromatic rings. The fraction of sp³-hybridized carbons (Fsp3) is 0.300. The number of rotatable bonds is 3. The van der Waals surface area contributed by atoms with Gasteiger partial charge < -0.3 is 9.32 Å². The maximum atomic E-state index is 13.0. The molecule has 1 atom stereocenters. The number of nitrogens with one attached hydrogen (secondary N) is 1. The summed E-state index contributed by atoms with van der Waals surface area (Å²) in [5.74, 6) is 1.36. The van der Waals surface area contributed by atoms with Gasteiger partial charge in [-0.25, -0.2) is 9.78 Å². The van der Waals surface area contributed by atoms with Gasteiger partial charge in [0.1, 0.15) is 5.76 Å². The molecule has 4 rings (SSSR count). The quantitative estimate of drug-likeness (QED) is 0.750. The molecular weight excluding hydrogens is 328 g/mol. The number of aromatic nitrogens is 2. The Balaban J connectivity index is 1.56. The first-order chi connectivity index (χ1) is 12.8. The van der Waals surface area contributed by atoms with Crippen LogP contribution in [0.2, 0.25) is 0 Å². The van der Waals surface area contributed by atoms with Crippen molar-refractivity contribution in [2.75, 3.05) is 11.9 Å². The Morgan fingerprint density at radius 2 is 2.00 bits per heavy atom. The number of amides is 2. The van der Waals surface area contributed by atoms with Crippen molar-refractivity contribution < 1.29 is 9.21 Å². The summed E-state index contributed by atoms with van der Waals surface area (Å²) in [5.41, 5.74) is 0.957. The molecule has 0 spiro atoms. The summed E-state index contributed by atoms with van der Waals surface area (Å²) in [4.78, 5) is 19.2. The Labute approximate surface area is 152 Å². The van der Waals surface area contributed by atoms with Crippen LogP contribution in [0.15, 0.2) is 65.5 Å². The van der Waals surface area contributed by atoms with E-state index in [0.717, 1.165) is 37.1 Å². The Hall–Kier alpha value is -3.02. The molecular formula is C20H22N4O2. The third-order valence-corrected chi connectivity index (χ3v) is 4.78. The lowest BCUT2D eigenvalue weighted by Crippen LogP contribution is -2.38. The number of carbonyl (C=O) groups is 1. The molecule has 0 bridgehead atoms. The number of hydrogen-bond donors (Lipinski definition) is 1. The lowest BCUT2D eigenvalue weighted by atomic mass is 10.1. The summed E-state index contributed by atoms with van der Waals surface area (Å²) in [5, 5.41) is 2.98. The van der Waals surface area contributed by atoms with Crippen molar-refractivity contribution in [3.05, 3.63) is 66.9 Å². The monoisotopic (exact) mass is 350 g/mol. The summed E-state index contributed by atoms with van der Waals surface area (Å²) in [6.45, 7) is 0.712. The van der Waals surface area contributed by atoms with E-state index in [4.69, 9.17) is 4.42 Å². The summed E-state index contributed by atoms with van der Waals surface area (Å²) in [7, 11) is 0. The molecule has 1 saturated heterocycles. The first-order valence-electron chi connectivity index (χ1n) is 9.03. The first-order valence-corrected chi connectivity index (χ1v) is 9.03. The van der Waals surface area contributed by atoms with Gasteiger partial charge >= 0.3 is 6.03 Å². The molecule has 26 heavy (non-hydrogen) atoms. The number of urea groups is 1. The van der Waals surface area contributed by atoms with E-state index < -0.39 is 0 Å². The normalized spacial score (nSPS) is 17.7. The lowest BCUT2D eigenvalue weighted by molar-refractivity contribution is 0.179. The molecule has 0 radical (unpaired) electrons. The van der Waals surface area contributed by atoms with Crippen molar-refractivity contribution >= 4 is 12.0 Å². The van der Waals surface area contributed by atoms with Crippen LogP contribution in [0.1, 0.15) is 37.5 Å². The third-order valence-electron chi connectivity index (χ3n) is 4.78. The molecule has 1 aliphatic heterocycles. The van der Waals surface area contributed by atoms with Crippen LogP contribution in [0, 0.1) is 0 Å². The van der Waals surface area contributed by atoms with Gasteiger partial charge in [-0.2, -0.15) is 0 Å². The number of hydrogen-bond acceptors (Lipinski definition) is 3. The molecule has 1 fully saturated rings. The van der Waals surface area contributed by atoms with Gasteiger partial charge in [-0.3, -0.25) is 9.88 Å². The molecule has 1 aromatic carbocycles. The molecule has 2 aromatic heterocycles. The van der Waals surface area contributed by atoms with Gasteiger partial charge in [-0.05, 0) is 37.1 Å². The van der Waals surface area contributed by atoms with Crippen LogP contribution in [-0.4, -0.2) is 27.0 Å². The second-order valence-corrected chi connectivity index (χ2v) is 6.46. The second-order valence-electron chi connectivity index (χ2n) is 6.46. The molecule has 3 heterocycles. The number of furan rings is 1. The zero-order valence-electron chi connectivity index (χ0n) is 14.5. The molecule has 6 nitrogen and oxygen atoms in total. The van der Waals surface area contributed by atoms with Crippen LogP contribution in [0.3, 0.4) is 0 Å². The van der Waals surface area contributed by atoms with E-state index in [0.29, 0.717) is 12.5 Å². The van der Waals surface area contributed by atoms with E-state index in [1.165, 1.54) is 0 Å². The van der Waals surface area contributed by atoms with Crippen molar-refractivity contribution in [2.45, 2.75) is 31.7 Å². The van der Waals surface area contributed by atoms with Crippen LogP contribution >= 0.6 is 0 Å². The standard InChI is InChI=1S/C20H22N4O2/c25-20(22-19-21-12-14-23(19)16-8-3-1-4-9-16)24-13-6-2-5-10-17(24)18-11-7-15-26-18/h1,3-4,7-9,11-12,14-15,17H,2,5-6,10,13H2,(H,21,22,25)/t17-/m1/s1. The van der Waals surface area contributed by atoms with E-state index >= 15 is 0 Å². The fourth-order valence-corrected chi connectivity index (χ4v) is 3.49. The minimum atomic E-state index is -0.142. The highest BCUT2D eigenvalue weighted by atomic mass is 16.3. The topological polar surface area (TPSA) is 63.3 Å². The maximum Gasteiger partial charge on any atom is 0.324 e. The van der Waals surface area contributed by atoms with E-state index in [1.54, 1.807) is 12.5 Å². The summed E-state index contributed by atoms with van der Waals surface area (Å²) in [6, 6.07) is 13.5. The molecule has 0 aliphatic carbocycles. The van der Waals surface area contributed by atoms with Gasteiger partial charge in [-0.15, -0.1) is 0 Å². The number of para-hydroxylation sites is 1. The number of imidazole rings is 1. The van der Waals surface area contributed by atoms with E-state index in [2.05, 4.69) is 10.3 Å². The number of anilines is 1. The molecule has 134 valence electrons. The molecule has 6 heteroatoms. The molecule has 0 saturated carbocycles. The van der Waals surface area contributed by atoms with Crippen LogP contribution in [-0.2, 0) is 0 Å². The first kappa shape index (κ1) is 16.4. The summed E-state index contributed by atoms with van der Waals surface area (Å²) < 4.78 is 7.47. The van der Waals surface area contributed by atoms with Crippen molar-refractivity contribution in [3.63, 3.8) is 0 Å². The molecule has 0 unspecified atom stereocenters. The summed E-state index contributed by atoms with van der Waals surface area (Å²) in [6.07, 6.45) is 9.32. The van der Waals surface area contributed by atoms with Crippen molar-refractivity contribution in [2.24, 2.45) is 0 Å². The van der Waals surface area contributed by atoms with Gasteiger partial charge in [0, 0.05) is 24.6 Å². The van der Waals surface area contributed by atoms with Gasteiger partial charge in [0.05, 0.1) is 12.3 Å². The minimum Gasteiger partial charge on any atom is -0.467 e.